The topological polar surface area (TPSA) is 41.6 Å². The van der Waals surface area contributed by atoms with E-state index in [0.29, 0.717) is 6.04 Å². The van der Waals surface area contributed by atoms with Crippen molar-refractivity contribution in [1.29, 1.82) is 0 Å². The van der Waals surface area contributed by atoms with Crippen molar-refractivity contribution in [3.63, 3.8) is 0 Å². The number of likely N-dealkylation sites (tertiary alicyclic amines) is 1. The van der Waals surface area contributed by atoms with Crippen LogP contribution in [-0.4, -0.2) is 42.3 Å². The maximum Gasteiger partial charge on any atom is 0.410 e. The van der Waals surface area contributed by atoms with Crippen LogP contribution in [0.25, 0.3) is 0 Å². The fourth-order valence-electron chi connectivity index (χ4n) is 3.73. The zero-order valence-electron chi connectivity index (χ0n) is 14.9. The second-order valence-electron chi connectivity index (χ2n) is 8.29. The molecule has 1 aliphatic heterocycles. The molecule has 0 aromatic heterocycles. The van der Waals surface area contributed by atoms with E-state index in [2.05, 4.69) is 12.2 Å². The second-order valence-corrected chi connectivity index (χ2v) is 8.29. The highest BCUT2D eigenvalue weighted by atomic mass is 16.6. The quantitative estimate of drug-likeness (QED) is 0.858. The highest BCUT2D eigenvalue weighted by molar-refractivity contribution is 5.68. The number of nitrogens with one attached hydrogen (secondary N) is 1. The molecule has 0 spiro atoms. The molecular formula is C18H34N2O2. The van der Waals surface area contributed by atoms with Gasteiger partial charge in [-0.1, -0.05) is 26.2 Å². The third-order valence-electron chi connectivity index (χ3n) is 4.87. The van der Waals surface area contributed by atoms with Gasteiger partial charge >= 0.3 is 6.09 Å². The van der Waals surface area contributed by atoms with E-state index in [1.54, 1.807) is 0 Å². The number of hydrogen-bond acceptors (Lipinski definition) is 3. The lowest BCUT2D eigenvalue weighted by molar-refractivity contribution is 0.0291. The summed E-state index contributed by atoms with van der Waals surface area (Å²) in [6, 6.07) is 0.438. The number of ether oxygens (including phenoxy) is 1. The molecule has 2 fully saturated rings. The largest absolute Gasteiger partial charge is 0.444 e. The number of nitrogens with zero attached hydrogens (tertiary/aromatic N) is 1. The third-order valence-corrected chi connectivity index (χ3v) is 4.87. The Hall–Kier alpha value is -0.770. The molecule has 4 heteroatoms. The van der Waals surface area contributed by atoms with Crippen LogP contribution in [0.1, 0.15) is 66.2 Å². The van der Waals surface area contributed by atoms with Crippen molar-refractivity contribution in [2.75, 3.05) is 19.6 Å². The lowest BCUT2D eigenvalue weighted by Crippen LogP contribution is -2.38. The van der Waals surface area contributed by atoms with Crippen LogP contribution in [0.4, 0.5) is 4.79 Å². The zero-order valence-corrected chi connectivity index (χ0v) is 14.9. The first-order valence-corrected chi connectivity index (χ1v) is 9.05. The molecular weight excluding hydrogens is 276 g/mol. The lowest BCUT2D eigenvalue weighted by atomic mass is 9.81. The summed E-state index contributed by atoms with van der Waals surface area (Å²) in [6.07, 6.45) is 7.78. The highest BCUT2D eigenvalue weighted by Crippen LogP contribution is 2.30. The van der Waals surface area contributed by atoms with Gasteiger partial charge in [0.15, 0.2) is 0 Å². The van der Waals surface area contributed by atoms with Crippen LogP contribution in [0, 0.1) is 11.8 Å². The van der Waals surface area contributed by atoms with E-state index in [4.69, 9.17) is 4.74 Å². The van der Waals surface area contributed by atoms with Crippen LogP contribution in [0.5, 0.6) is 0 Å². The Morgan fingerprint density at radius 3 is 2.73 bits per heavy atom. The first-order chi connectivity index (χ1) is 10.3. The monoisotopic (exact) mass is 310 g/mol. The van der Waals surface area contributed by atoms with Crippen LogP contribution in [-0.2, 0) is 4.74 Å². The van der Waals surface area contributed by atoms with E-state index >= 15 is 0 Å². The maximum atomic E-state index is 12.0. The van der Waals surface area contributed by atoms with Gasteiger partial charge in [-0.05, 0) is 58.4 Å². The summed E-state index contributed by atoms with van der Waals surface area (Å²) in [4.78, 5) is 13.9. The number of carbonyl (C=O) groups is 1. The van der Waals surface area contributed by atoms with Crippen LogP contribution >= 0.6 is 0 Å². The van der Waals surface area contributed by atoms with Crippen LogP contribution in [0.2, 0.25) is 0 Å². The Kier molecular flexibility index (Phi) is 6.13. The zero-order chi connectivity index (χ0) is 16.2. The Balaban J connectivity index is 1.63. The second kappa shape index (κ2) is 7.67. The van der Waals surface area contributed by atoms with Gasteiger partial charge in [-0.3, -0.25) is 0 Å². The molecule has 2 aliphatic rings. The summed E-state index contributed by atoms with van der Waals surface area (Å²) >= 11 is 0. The third kappa shape index (κ3) is 5.79. The molecule has 1 amide bonds. The van der Waals surface area contributed by atoms with Crippen LogP contribution < -0.4 is 5.32 Å². The van der Waals surface area contributed by atoms with Gasteiger partial charge < -0.3 is 15.0 Å². The molecule has 1 saturated carbocycles. The van der Waals surface area contributed by atoms with Gasteiger partial charge in [0.1, 0.15) is 5.60 Å². The number of amides is 1. The van der Waals surface area contributed by atoms with Crippen molar-refractivity contribution >= 4 is 6.09 Å². The summed E-state index contributed by atoms with van der Waals surface area (Å²) in [5.74, 6) is 1.81. The summed E-state index contributed by atoms with van der Waals surface area (Å²) in [7, 11) is 0. The molecule has 0 radical (unpaired) electrons. The minimum absolute atomic E-state index is 0.169. The summed E-state index contributed by atoms with van der Waals surface area (Å²) in [5.41, 5.74) is -0.403. The van der Waals surface area contributed by atoms with Gasteiger partial charge in [-0.15, -0.1) is 0 Å². The SMILES string of the molecule is CC1CCCC(CCNC2CCN(C(=O)OC(C)(C)C)C2)C1. The van der Waals surface area contributed by atoms with E-state index in [9.17, 15) is 4.79 Å². The van der Waals surface area contributed by atoms with E-state index < -0.39 is 5.60 Å². The smallest absolute Gasteiger partial charge is 0.410 e. The van der Waals surface area contributed by atoms with Crippen molar-refractivity contribution in [1.82, 2.24) is 10.2 Å². The van der Waals surface area contributed by atoms with E-state index in [0.717, 1.165) is 37.9 Å². The first kappa shape index (κ1) is 17.6. The Labute approximate surface area is 136 Å². The first-order valence-electron chi connectivity index (χ1n) is 9.05. The van der Waals surface area contributed by atoms with Crippen LogP contribution in [0.3, 0.4) is 0 Å². The normalized spacial score (nSPS) is 29.6. The molecule has 3 unspecified atom stereocenters. The van der Waals surface area contributed by atoms with Gasteiger partial charge in [0.05, 0.1) is 0 Å². The van der Waals surface area contributed by atoms with Gasteiger partial charge in [0.2, 0.25) is 0 Å². The number of carbonyl (C=O) groups excluding carboxylic acids is 1. The summed E-state index contributed by atoms with van der Waals surface area (Å²) in [5, 5.41) is 3.64. The molecule has 1 N–H and O–H groups in total. The van der Waals surface area contributed by atoms with Gasteiger partial charge in [-0.2, -0.15) is 0 Å². The highest BCUT2D eigenvalue weighted by Gasteiger charge is 2.29. The molecule has 4 nitrogen and oxygen atoms in total. The Morgan fingerprint density at radius 1 is 1.27 bits per heavy atom. The Bertz CT molecular complexity index is 365. The molecule has 22 heavy (non-hydrogen) atoms. The maximum absolute atomic E-state index is 12.0. The van der Waals surface area contributed by atoms with Crippen molar-refractivity contribution in [2.45, 2.75) is 77.9 Å². The van der Waals surface area contributed by atoms with Crippen LogP contribution in [0.15, 0.2) is 0 Å². The predicted molar refractivity (Wildman–Crippen MR) is 90.0 cm³/mol. The molecule has 1 heterocycles. The predicted octanol–water partition coefficient (Wildman–Crippen LogP) is 3.80. The van der Waals surface area contributed by atoms with Gasteiger partial charge in [-0.25, -0.2) is 4.79 Å². The molecule has 1 saturated heterocycles. The number of rotatable bonds is 4. The average molecular weight is 310 g/mol. The minimum Gasteiger partial charge on any atom is -0.444 e. The van der Waals surface area contributed by atoms with Gasteiger partial charge in [0.25, 0.3) is 0 Å². The number of hydrogen-bond donors (Lipinski definition) is 1. The fourth-order valence-corrected chi connectivity index (χ4v) is 3.73. The van der Waals surface area contributed by atoms with Crippen molar-refractivity contribution in [3.8, 4) is 0 Å². The molecule has 1 aliphatic carbocycles. The van der Waals surface area contributed by atoms with E-state index in [1.165, 1.54) is 32.1 Å². The lowest BCUT2D eigenvalue weighted by Gasteiger charge is -2.27. The molecule has 3 atom stereocenters. The van der Waals surface area contributed by atoms with E-state index in [-0.39, 0.29) is 6.09 Å². The molecule has 0 aromatic carbocycles. The summed E-state index contributed by atoms with van der Waals surface area (Å²) in [6.45, 7) is 10.8. The van der Waals surface area contributed by atoms with E-state index in [1.807, 2.05) is 25.7 Å². The molecule has 128 valence electrons. The van der Waals surface area contributed by atoms with Crippen molar-refractivity contribution in [2.24, 2.45) is 11.8 Å². The molecule has 0 bridgehead atoms. The Morgan fingerprint density at radius 2 is 2.05 bits per heavy atom. The van der Waals surface area contributed by atoms with Gasteiger partial charge in [0, 0.05) is 19.1 Å². The standard InChI is InChI=1S/C18H34N2O2/c1-14-6-5-7-15(12-14)8-10-19-16-9-11-20(13-16)17(21)22-18(2,3)4/h14-16,19H,5-13H2,1-4H3. The molecule has 0 aromatic rings. The minimum atomic E-state index is -0.403. The van der Waals surface area contributed by atoms with Crippen molar-refractivity contribution in [3.05, 3.63) is 0 Å². The summed E-state index contributed by atoms with van der Waals surface area (Å²) < 4.78 is 5.44. The molecule has 2 rings (SSSR count). The average Bonchev–Trinajstić information content (AvgIpc) is 2.86. The fraction of sp³-hybridized carbons (Fsp3) is 0.944. The van der Waals surface area contributed by atoms with Crippen molar-refractivity contribution < 1.29 is 9.53 Å².